The number of aryl methyl sites for hydroxylation is 1. The number of nitrogens with zero attached hydrogens (tertiary/aromatic N) is 3. The molecule has 0 saturated carbocycles. The molecule has 25 heavy (non-hydrogen) atoms. The first-order valence-electron chi connectivity index (χ1n) is 7.84. The highest BCUT2D eigenvalue weighted by Gasteiger charge is 2.27. The zero-order valence-corrected chi connectivity index (χ0v) is 13.9. The van der Waals surface area contributed by atoms with Crippen molar-refractivity contribution in [2.24, 2.45) is 0 Å². The van der Waals surface area contributed by atoms with Crippen LogP contribution in [0, 0.1) is 0 Å². The lowest BCUT2D eigenvalue weighted by molar-refractivity contribution is 0.591. The van der Waals surface area contributed by atoms with Gasteiger partial charge in [-0.1, -0.05) is 0 Å². The summed E-state index contributed by atoms with van der Waals surface area (Å²) in [6, 6.07) is 5.81. The molecule has 0 saturated heterocycles. The first-order valence-corrected chi connectivity index (χ1v) is 9.66. The average molecular weight is 354 g/mol. The van der Waals surface area contributed by atoms with E-state index in [-0.39, 0.29) is 11.5 Å². The van der Waals surface area contributed by atoms with Gasteiger partial charge in [-0.15, -0.1) is 0 Å². The SMILES string of the molecule is O=S1(=O)CCc2[nH]c3ncnc(Nc4ccc5[nH]ncc5c4)c3c2C1. The van der Waals surface area contributed by atoms with Crippen molar-refractivity contribution >= 4 is 43.3 Å². The Bertz CT molecular complexity index is 1220. The van der Waals surface area contributed by atoms with Crippen molar-refractivity contribution in [1.29, 1.82) is 0 Å². The van der Waals surface area contributed by atoms with Crippen molar-refractivity contribution in [2.75, 3.05) is 11.1 Å². The molecule has 0 amide bonds. The van der Waals surface area contributed by atoms with E-state index in [2.05, 4.69) is 30.5 Å². The van der Waals surface area contributed by atoms with Crippen molar-refractivity contribution in [1.82, 2.24) is 25.1 Å². The number of fused-ring (bicyclic) bond motifs is 4. The second kappa shape index (κ2) is 5.03. The predicted octanol–water partition coefficient (Wildman–Crippen LogP) is 2.05. The van der Waals surface area contributed by atoms with E-state index < -0.39 is 9.84 Å². The molecule has 0 spiro atoms. The second-order valence-corrected chi connectivity index (χ2v) is 8.35. The summed E-state index contributed by atoms with van der Waals surface area (Å²) in [5.74, 6) is 0.785. The number of benzene rings is 1. The molecule has 0 fully saturated rings. The Balaban J connectivity index is 1.64. The van der Waals surface area contributed by atoms with Crippen LogP contribution in [-0.2, 0) is 22.0 Å². The number of aromatic nitrogens is 5. The van der Waals surface area contributed by atoms with Gasteiger partial charge in [0.15, 0.2) is 9.84 Å². The average Bonchev–Trinajstić information content (AvgIpc) is 3.18. The number of rotatable bonds is 2. The van der Waals surface area contributed by atoms with Crippen LogP contribution in [0.5, 0.6) is 0 Å². The van der Waals surface area contributed by atoms with Gasteiger partial charge in [0.25, 0.3) is 0 Å². The van der Waals surface area contributed by atoms with Crippen LogP contribution < -0.4 is 5.32 Å². The molecule has 0 unspecified atom stereocenters. The third kappa shape index (κ3) is 2.35. The maximum absolute atomic E-state index is 12.1. The van der Waals surface area contributed by atoms with Gasteiger partial charge in [0.1, 0.15) is 17.8 Å². The summed E-state index contributed by atoms with van der Waals surface area (Å²) in [7, 11) is -3.08. The number of aromatic amines is 2. The summed E-state index contributed by atoms with van der Waals surface area (Å²) in [6.07, 6.45) is 3.70. The van der Waals surface area contributed by atoms with E-state index in [9.17, 15) is 8.42 Å². The molecule has 1 aromatic carbocycles. The first kappa shape index (κ1) is 14.4. The van der Waals surface area contributed by atoms with Crippen LogP contribution in [0.2, 0.25) is 0 Å². The molecule has 0 bridgehead atoms. The number of hydrogen-bond donors (Lipinski definition) is 3. The van der Waals surface area contributed by atoms with Crippen LogP contribution in [0.1, 0.15) is 11.3 Å². The molecule has 1 aliphatic rings. The quantitative estimate of drug-likeness (QED) is 0.507. The molecule has 0 aliphatic carbocycles. The Morgan fingerprint density at radius 2 is 2.12 bits per heavy atom. The maximum atomic E-state index is 12.1. The van der Waals surface area contributed by atoms with E-state index in [1.54, 1.807) is 6.20 Å². The van der Waals surface area contributed by atoms with E-state index in [1.165, 1.54) is 6.33 Å². The lowest BCUT2D eigenvalue weighted by Crippen LogP contribution is -2.18. The molecule has 3 aromatic heterocycles. The van der Waals surface area contributed by atoms with Gasteiger partial charge in [-0.05, 0) is 18.2 Å². The fourth-order valence-corrected chi connectivity index (χ4v) is 4.73. The van der Waals surface area contributed by atoms with E-state index >= 15 is 0 Å². The minimum Gasteiger partial charge on any atom is -0.343 e. The van der Waals surface area contributed by atoms with Crippen LogP contribution in [0.25, 0.3) is 21.9 Å². The van der Waals surface area contributed by atoms with Gasteiger partial charge >= 0.3 is 0 Å². The minimum atomic E-state index is -3.08. The van der Waals surface area contributed by atoms with Crippen molar-refractivity contribution in [3.63, 3.8) is 0 Å². The predicted molar refractivity (Wildman–Crippen MR) is 94.5 cm³/mol. The monoisotopic (exact) mass is 354 g/mol. The van der Waals surface area contributed by atoms with E-state index in [1.807, 2.05) is 18.2 Å². The van der Waals surface area contributed by atoms with Crippen LogP contribution in [0.15, 0.2) is 30.7 Å². The molecule has 126 valence electrons. The van der Waals surface area contributed by atoms with E-state index in [0.29, 0.717) is 17.9 Å². The molecule has 9 heteroatoms. The largest absolute Gasteiger partial charge is 0.343 e. The van der Waals surface area contributed by atoms with Gasteiger partial charge in [0.2, 0.25) is 0 Å². The topological polar surface area (TPSA) is 116 Å². The van der Waals surface area contributed by atoms with Crippen molar-refractivity contribution in [2.45, 2.75) is 12.2 Å². The molecule has 5 rings (SSSR count). The van der Waals surface area contributed by atoms with E-state index in [4.69, 9.17) is 0 Å². The summed E-state index contributed by atoms with van der Waals surface area (Å²) in [6.45, 7) is 0. The smallest absolute Gasteiger partial charge is 0.154 e. The summed E-state index contributed by atoms with van der Waals surface area (Å²) in [5, 5.41) is 11.9. The van der Waals surface area contributed by atoms with Gasteiger partial charge in [-0.3, -0.25) is 5.10 Å². The number of anilines is 2. The normalized spacial score (nSPS) is 16.2. The number of hydrogen-bond acceptors (Lipinski definition) is 6. The zero-order chi connectivity index (χ0) is 17.0. The summed E-state index contributed by atoms with van der Waals surface area (Å²) in [4.78, 5) is 11.8. The van der Waals surface area contributed by atoms with Gasteiger partial charge in [-0.2, -0.15) is 5.10 Å². The Morgan fingerprint density at radius 3 is 3.04 bits per heavy atom. The molecule has 4 aromatic rings. The molecule has 3 N–H and O–H groups in total. The third-order valence-corrected chi connectivity index (χ3v) is 6.07. The van der Waals surface area contributed by atoms with Crippen LogP contribution in [0.3, 0.4) is 0 Å². The van der Waals surface area contributed by atoms with Crippen LogP contribution in [0.4, 0.5) is 11.5 Å². The summed E-state index contributed by atoms with van der Waals surface area (Å²) < 4.78 is 24.1. The standard InChI is InChI=1S/C16H14N6O2S/c23-25(24)4-3-13-11(7-25)14-15(17-8-18-16(14)21-13)20-10-1-2-12-9(5-10)6-19-22-12/h1-2,5-6,8H,3-4,7H2,(H,19,22)(H2,17,18,20,21). The molecule has 0 atom stereocenters. The summed E-state index contributed by atoms with van der Waals surface area (Å²) in [5.41, 5.74) is 4.16. The first-order chi connectivity index (χ1) is 12.1. The molecule has 1 aliphatic heterocycles. The third-order valence-electron chi connectivity index (χ3n) is 4.51. The minimum absolute atomic E-state index is 0.0190. The fourth-order valence-electron chi connectivity index (χ4n) is 3.31. The molecule has 0 radical (unpaired) electrons. The van der Waals surface area contributed by atoms with Crippen molar-refractivity contribution in [3.8, 4) is 0 Å². The zero-order valence-electron chi connectivity index (χ0n) is 13.1. The van der Waals surface area contributed by atoms with E-state index in [0.717, 1.165) is 33.2 Å². The lowest BCUT2D eigenvalue weighted by atomic mass is 10.1. The fraction of sp³-hybridized carbons (Fsp3) is 0.188. The molecular weight excluding hydrogens is 340 g/mol. The molecular formula is C16H14N6O2S. The second-order valence-electron chi connectivity index (χ2n) is 6.17. The van der Waals surface area contributed by atoms with Gasteiger partial charge < -0.3 is 10.3 Å². The molecule has 8 nitrogen and oxygen atoms in total. The Kier molecular flexibility index (Phi) is 2.90. The highest BCUT2D eigenvalue weighted by molar-refractivity contribution is 7.90. The Labute approximate surface area is 142 Å². The summed E-state index contributed by atoms with van der Waals surface area (Å²) >= 11 is 0. The Morgan fingerprint density at radius 1 is 1.20 bits per heavy atom. The van der Waals surface area contributed by atoms with Crippen LogP contribution in [-0.4, -0.2) is 39.3 Å². The van der Waals surface area contributed by atoms with Gasteiger partial charge in [-0.25, -0.2) is 18.4 Å². The van der Waals surface area contributed by atoms with Crippen LogP contribution >= 0.6 is 0 Å². The molecule has 4 heterocycles. The van der Waals surface area contributed by atoms with Crippen molar-refractivity contribution < 1.29 is 8.42 Å². The highest BCUT2D eigenvalue weighted by Crippen LogP contribution is 2.33. The Hall–Kier alpha value is -2.94. The lowest BCUT2D eigenvalue weighted by Gasteiger charge is -2.13. The van der Waals surface area contributed by atoms with Crippen molar-refractivity contribution in [3.05, 3.63) is 42.0 Å². The number of H-pyrrole nitrogens is 2. The highest BCUT2D eigenvalue weighted by atomic mass is 32.2. The van der Waals surface area contributed by atoms with Gasteiger partial charge in [0, 0.05) is 28.8 Å². The number of sulfone groups is 1. The van der Waals surface area contributed by atoms with Gasteiger partial charge in [0.05, 0.1) is 28.6 Å². The maximum Gasteiger partial charge on any atom is 0.154 e. The number of nitrogens with one attached hydrogen (secondary N) is 3.